The molecule has 3 heterocycles. The van der Waals surface area contributed by atoms with Crippen LogP contribution in [0.2, 0.25) is 0 Å². The number of rotatable bonds is 8. The molecular weight excluding hydrogens is 366 g/mol. The number of hydrogen-bond donors (Lipinski definition) is 1. The number of nitrogens with one attached hydrogen (secondary N) is 1. The third-order valence-electron chi connectivity index (χ3n) is 5.40. The lowest BCUT2D eigenvalue weighted by atomic mass is 9.94. The minimum atomic E-state index is 0.573. The molecule has 0 saturated carbocycles. The summed E-state index contributed by atoms with van der Waals surface area (Å²) in [7, 11) is 0. The van der Waals surface area contributed by atoms with Crippen LogP contribution in [-0.4, -0.2) is 41.4 Å². The Labute approximate surface area is 171 Å². The van der Waals surface area contributed by atoms with Crippen molar-refractivity contribution in [3.63, 3.8) is 0 Å². The topological polar surface area (TPSA) is 76.3 Å². The summed E-state index contributed by atoms with van der Waals surface area (Å²) < 4.78 is 11.7. The number of piperidine rings is 1. The summed E-state index contributed by atoms with van der Waals surface area (Å²) >= 11 is 0. The Bertz CT molecular complexity index is 917. The van der Waals surface area contributed by atoms with Crippen LogP contribution in [0.25, 0.3) is 11.1 Å². The van der Waals surface area contributed by atoms with E-state index in [1.807, 2.05) is 31.2 Å². The largest absolute Gasteiger partial charge is 0.493 e. The van der Waals surface area contributed by atoms with E-state index in [0.717, 1.165) is 80.3 Å². The molecule has 7 nitrogen and oxygen atoms in total. The van der Waals surface area contributed by atoms with Crippen LogP contribution in [0.4, 0.5) is 11.8 Å². The Morgan fingerprint density at radius 1 is 1.17 bits per heavy atom. The minimum absolute atomic E-state index is 0.573. The quantitative estimate of drug-likeness (QED) is 0.604. The molecule has 1 N–H and O–H groups in total. The Morgan fingerprint density at radius 3 is 2.79 bits per heavy atom. The molecular formula is C22H29N5O2. The molecule has 0 radical (unpaired) electrons. The van der Waals surface area contributed by atoms with E-state index in [1.165, 1.54) is 0 Å². The van der Waals surface area contributed by atoms with Crippen molar-refractivity contribution in [2.24, 2.45) is 5.92 Å². The van der Waals surface area contributed by atoms with Crippen molar-refractivity contribution in [2.75, 3.05) is 36.5 Å². The van der Waals surface area contributed by atoms with Gasteiger partial charge >= 0.3 is 0 Å². The van der Waals surface area contributed by atoms with Gasteiger partial charge in [-0.25, -0.2) is 0 Å². The second-order valence-corrected chi connectivity index (χ2v) is 7.68. The highest BCUT2D eigenvalue weighted by atomic mass is 16.5. The smallest absolute Gasteiger partial charge is 0.295 e. The zero-order valence-corrected chi connectivity index (χ0v) is 17.2. The third kappa shape index (κ3) is 4.96. The summed E-state index contributed by atoms with van der Waals surface area (Å²) in [6, 6.07) is 10.5. The summed E-state index contributed by atoms with van der Waals surface area (Å²) in [6.45, 7) is 7.70. The van der Waals surface area contributed by atoms with Gasteiger partial charge in [-0.3, -0.25) is 0 Å². The highest BCUT2D eigenvalue weighted by Gasteiger charge is 2.20. The van der Waals surface area contributed by atoms with Crippen LogP contribution in [-0.2, 0) is 0 Å². The van der Waals surface area contributed by atoms with Crippen LogP contribution in [0.3, 0.4) is 0 Å². The molecule has 3 aromatic rings. The lowest BCUT2D eigenvalue weighted by molar-refractivity contribution is 0.258. The number of benzene rings is 1. The molecule has 7 heteroatoms. The van der Waals surface area contributed by atoms with Crippen molar-refractivity contribution in [3.8, 4) is 5.75 Å². The Hall–Kier alpha value is -2.83. The fourth-order valence-electron chi connectivity index (χ4n) is 3.66. The van der Waals surface area contributed by atoms with E-state index in [4.69, 9.17) is 9.15 Å². The predicted molar refractivity (Wildman–Crippen MR) is 115 cm³/mol. The number of nitrogens with zero attached hydrogens (tertiary/aromatic N) is 4. The average Bonchev–Trinajstić information content (AvgIpc) is 3.15. The van der Waals surface area contributed by atoms with E-state index in [1.54, 1.807) is 0 Å². The number of anilines is 2. The fraction of sp³-hybridized carbons (Fsp3) is 0.500. The van der Waals surface area contributed by atoms with Gasteiger partial charge in [0.1, 0.15) is 11.3 Å². The second kappa shape index (κ2) is 9.11. The normalized spacial score (nSPS) is 15.0. The SMILES string of the molecule is CCCNc1nc2ccc(OCCC3CCN(c4ccc(C)nn4)CC3)cc2o1. The average molecular weight is 396 g/mol. The third-order valence-corrected chi connectivity index (χ3v) is 5.40. The highest BCUT2D eigenvalue weighted by molar-refractivity contribution is 5.76. The van der Waals surface area contributed by atoms with Gasteiger partial charge in [0.05, 0.1) is 12.3 Å². The van der Waals surface area contributed by atoms with E-state index < -0.39 is 0 Å². The Morgan fingerprint density at radius 2 is 2.03 bits per heavy atom. The van der Waals surface area contributed by atoms with Crippen molar-refractivity contribution in [3.05, 3.63) is 36.0 Å². The summed E-state index contributed by atoms with van der Waals surface area (Å²) in [5.41, 5.74) is 2.56. The second-order valence-electron chi connectivity index (χ2n) is 7.68. The summed E-state index contributed by atoms with van der Waals surface area (Å²) in [4.78, 5) is 6.76. The van der Waals surface area contributed by atoms with Gasteiger partial charge in [0.15, 0.2) is 11.4 Å². The number of ether oxygens (including phenoxy) is 1. The van der Waals surface area contributed by atoms with Gasteiger partial charge in [0, 0.05) is 25.7 Å². The maximum absolute atomic E-state index is 5.99. The van der Waals surface area contributed by atoms with E-state index in [0.29, 0.717) is 11.9 Å². The van der Waals surface area contributed by atoms with Crippen LogP contribution >= 0.6 is 0 Å². The molecule has 1 aliphatic rings. The molecule has 0 amide bonds. The van der Waals surface area contributed by atoms with Crippen LogP contribution < -0.4 is 15.0 Å². The van der Waals surface area contributed by atoms with Crippen LogP contribution in [0.15, 0.2) is 34.7 Å². The van der Waals surface area contributed by atoms with Gasteiger partial charge in [-0.1, -0.05) is 6.92 Å². The van der Waals surface area contributed by atoms with Crippen LogP contribution in [0.5, 0.6) is 5.75 Å². The van der Waals surface area contributed by atoms with Crippen molar-refractivity contribution in [1.82, 2.24) is 15.2 Å². The van der Waals surface area contributed by atoms with Gasteiger partial charge in [-0.2, -0.15) is 10.1 Å². The van der Waals surface area contributed by atoms with Crippen molar-refractivity contribution in [1.29, 1.82) is 0 Å². The van der Waals surface area contributed by atoms with E-state index in [2.05, 4.69) is 38.4 Å². The molecule has 0 aliphatic carbocycles. The van der Waals surface area contributed by atoms with Crippen molar-refractivity contribution >= 4 is 22.9 Å². The fourth-order valence-corrected chi connectivity index (χ4v) is 3.66. The molecule has 0 bridgehead atoms. The Balaban J connectivity index is 1.23. The van der Waals surface area contributed by atoms with Gasteiger partial charge in [0.2, 0.25) is 0 Å². The number of oxazole rings is 1. The molecule has 4 rings (SSSR count). The predicted octanol–water partition coefficient (Wildman–Crippen LogP) is 4.43. The first-order valence-corrected chi connectivity index (χ1v) is 10.5. The molecule has 1 aliphatic heterocycles. The van der Waals surface area contributed by atoms with Gasteiger partial charge in [-0.15, -0.1) is 5.10 Å². The summed E-state index contributed by atoms with van der Waals surface area (Å²) in [5, 5.41) is 11.6. The molecule has 1 fully saturated rings. The van der Waals surface area contributed by atoms with E-state index in [9.17, 15) is 0 Å². The lowest BCUT2D eigenvalue weighted by Crippen LogP contribution is -2.34. The number of aromatic nitrogens is 3. The van der Waals surface area contributed by atoms with Crippen molar-refractivity contribution in [2.45, 2.75) is 39.5 Å². The molecule has 1 aromatic carbocycles. The van der Waals surface area contributed by atoms with Gasteiger partial charge in [-0.05, 0) is 62.8 Å². The molecule has 29 heavy (non-hydrogen) atoms. The summed E-state index contributed by atoms with van der Waals surface area (Å²) in [5.74, 6) is 2.50. The Kier molecular flexibility index (Phi) is 6.12. The number of fused-ring (bicyclic) bond motifs is 1. The standard InChI is InChI=1S/C22H29N5O2/c1-3-11-23-22-24-19-6-5-18(15-20(19)29-22)28-14-10-17-8-12-27(13-9-17)21-7-4-16(2)25-26-21/h4-7,15,17H,3,8-14H2,1-2H3,(H,23,24). The van der Waals surface area contributed by atoms with E-state index in [-0.39, 0.29) is 0 Å². The molecule has 2 aromatic heterocycles. The maximum atomic E-state index is 5.99. The lowest BCUT2D eigenvalue weighted by Gasteiger charge is -2.32. The first-order valence-electron chi connectivity index (χ1n) is 10.5. The van der Waals surface area contributed by atoms with Gasteiger partial charge < -0.3 is 19.4 Å². The van der Waals surface area contributed by atoms with Crippen molar-refractivity contribution < 1.29 is 9.15 Å². The molecule has 0 spiro atoms. The first kappa shape index (κ1) is 19.5. The minimum Gasteiger partial charge on any atom is -0.493 e. The number of aryl methyl sites for hydroxylation is 1. The first-order chi connectivity index (χ1) is 14.2. The monoisotopic (exact) mass is 395 g/mol. The van der Waals surface area contributed by atoms with Gasteiger partial charge in [0.25, 0.3) is 6.01 Å². The summed E-state index contributed by atoms with van der Waals surface area (Å²) in [6.07, 6.45) is 4.41. The molecule has 154 valence electrons. The zero-order chi connectivity index (χ0) is 20.1. The van der Waals surface area contributed by atoms with E-state index >= 15 is 0 Å². The molecule has 0 atom stereocenters. The highest BCUT2D eigenvalue weighted by Crippen LogP contribution is 2.26. The number of hydrogen-bond acceptors (Lipinski definition) is 7. The molecule has 1 saturated heterocycles. The van der Waals surface area contributed by atoms with Crippen LogP contribution in [0, 0.1) is 12.8 Å². The molecule has 0 unspecified atom stereocenters. The maximum Gasteiger partial charge on any atom is 0.295 e. The van der Waals surface area contributed by atoms with Crippen LogP contribution in [0.1, 0.15) is 38.3 Å². The zero-order valence-electron chi connectivity index (χ0n) is 17.2.